The average Bonchev–Trinajstić information content (AvgIpc) is 3.14. The zero-order valence-electron chi connectivity index (χ0n) is 22.6. The van der Waals surface area contributed by atoms with Crippen molar-refractivity contribution in [2.75, 3.05) is 20.2 Å². The predicted molar refractivity (Wildman–Crippen MR) is 146 cm³/mol. The van der Waals surface area contributed by atoms with E-state index in [-0.39, 0.29) is 0 Å². The average molecular weight is 483 g/mol. The van der Waals surface area contributed by atoms with Gasteiger partial charge in [-0.1, -0.05) is 71.4 Å². The maximum Gasteiger partial charge on any atom is 0.200 e. The Morgan fingerprint density at radius 1 is 1.12 bits per heavy atom. The van der Waals surface area contributed by atoms with Crippen molar-refractivity contribution < 1.29 is 9.53 Å². The molecule has 4 nitrogen and oxygen atoms in total. The number of nitrogens with zero attached hydrogens (tertiary/aromatic N) is 1. The van der Waals surface area contributed by atoms with Crippen LogP contribution >= 0.6 is 0 Å². The molecule has 4 rings (SSSR count). The molecule has 5 heteroatoms. The molecule has 1 aliphatic carbocycles. The van der Waals surface area contributed by atoms with E-state index in [9.17, 15) is 5.11 Å². The third-order valence-electron chi connectivity index (χ3n) is 9.16. The van der Waals surface area contributed by atoms with E-state index in [1.807, 2.05) is 0 Å². The maximum atomic E-state index is 11.5. The van der Waals surface area contributed by atoms with Gasteiger partial charge in [0.25, 0.3) is 0 Å². The Bertz CT molecular complexity index is 1000. The van der Waals surface area contributed by atoms with Crippen molar-refractivity contribution in [3.8, 4) is 0 Å². The summed E-state index contributed by atoms with van der Waals surface area (Å²) in [5, 5.41) is 12.7. The number of likely N-dealkylation sites (N-methyl/N-ethyl adjacent to an activating group) is 1. The number of piperidine rings is 1. The molecule has 2 aromatic rings. The summed E-state index contributed by atoms with van der Waals surface area (Å²) in [5.74, 6) is 0.725. The van der Waals surface area contributed by atoms with Crippen molar-refractivity contribution in [2.45, 2.75) is 90.1 Å². The molecule has 188 valence electrons. The lowest BCUT2D eigenvalue weighted by Crippen LogP contribution is -2.55. The molecule has 0 unspecified atom stereocenters. The van der Waals surface area contributed by atoms with Gasteiger partial charge in [-0.2, -0.15) is 0 Å². The van der Waals surface area contributed by atoms with Crippen molar-refractivity contribution in [1.82, 2.24) is 9.88 Å². The number of nitrogens with one attached hydrogen (secondary N) is 1. The molecule has 0 radical (unpaired) electrons. The predicted octanol–water partition coefficient (Wildman–Crippen LogP) is 6.83. The number of hydrogen-bond donors (Lipinski definition) is 2. The van der Waals surface area contributed by atoms with Crippen LogP contribution < -0.4 is 0 Å². The van der Waals surface area contributed by atoms with Crippen LogP contribution in [0.1, 0.15) is 72.2 Å². The molecule has 0 amide bonds. The number of benzene rings is 1. The lowest BCUT2D eigenvalue weighted by atomic mass is 9.70. The molecule has 34 heavy (non-hydrogen) atoms. The van der Waals surface area contributed by atoms with Gasteiger partial charge in [-0.25, -0.2) is 0 Å². The SMILES string of the molecule is C/C=C1/CN(C)[C@H]2Cc3c([nH]c4ccccc34)[C@H](O)C[C@@H]1[C@@H]2CO[Si](C(C)C)(C(C)C)C(C)C. The zero-order valence-corrected chi connectivity index (χ0v) is 23.6. The number of hydrogen-bond acceptors (Lipinski definition) is 3. The van der Waals surface area contributed by atoms with Gasteiger partial charge in [0.15, 0.2) is 8.32 Å². The minimum atomic E-state index is -1.97. The smallest absolute Gasteiger partial charge is 0.200 e. The maximum absolute atomic E-state index is 11.5. The van der Waals surface area contributed by atoms with E-state index in [2.05, 4.69) is 95.7 Å². The number of fused-ring (bicyclic) bond motifs is 5. The molecule has 2 heterocycles. The molecule has 1 aromatic carbocycles. The highest BCUT2D eigenvalue weighted by Gasteiger charge is 2.48. The number of para-hydroxylation sites is 1. The van der Waals surface area contributed by atoms with Gasteiger partial charge in [-0.3, -0.25) is 4.90 Å². The van der Waals surface area contributed by atoms with Crippen LogP contribution in [-0.4, -0.2) is 49.5 Å². The third-order valence-corrected chi connectivity index (χ3v) is 15.2. The summed E-state index contributed by atoms with van der Waals surface area (Å²) in [6, 6.07) is 8.93. The van der Waals surface area contributed by atoms with Crippen LogP contribution in [-0.2, 0) is 10.8 Å². The number of allylic oxidation sites excluding steroid dienone is 1. The highest BCUT2D eigenvalue weighted by atomic mass is 28.4. The van der Waals surface area contributed by atoms with Crippen LogP contribution in [0.5, 0.6) is 0 Å². The van der Waals surface area contributed by atoms with Crippen molar-refractivity contribution in [2.24, 2.45) is 11.8 Å². The summed E-state index contributed by atoms with van der Waals surface area (Å²) in [5.41, 5.74) is 6.64. The van der Waals surface area contributed by atoms with Gasteiger partial charge in [0.2, 0.25) is 0 Å². The summed E-state index contributed by atoms with van der Waals surface area (Å²) < 4.78 is 7.22. The van der Waals surface area contributed by atoms with Crippen LogP contribution in [0.15, 0.2) is 35.9 Å². The minimum Gasteiger partial charge on any atom is -0.416 e. The summed E-state index contributed by atoms with van der Waals surface area (Å²) in [7, 11) is 0.311. The summed E-state index contributed by atoms with van der Waals surface area (Å²) in [6.07, 6.45) is 3.53. The van der Waals surface area contributed by atoms with Gasteiger partial charge in [0.1, 0.15) is 0 Å². The first-order valence-electron chi connectivity index (χ1n) is 13.4. The molecule has 1 aromatic heterocycles. The molecular formula is C29H46N2O2Si. The molecular weight excluding hydrogens is 436 g/mol. The Kier molecular flexibility index (Phi) is 7.50. The number of aliphatic hydroxyl groups is 1. The number of rotatable bonds is 6. The Hall–Kier alpha value is -1.40. The van der Waals surface area contributed by atoms with Gasteiger partial charge in [-0.05, 0) is 61.0 Å². The van der Waals surface area contributed by atoms with Crippen LogP contribution in [0, 0.1) is 11.8 Å². The Labute approximate surface area is 207 Å². The molecule has 1 aliphatic heterocycles. The van der Waals surface area contributed by atoms with E-state index >= 15 is 0 Å². The highest BCUT2D eigenvalue weighted by molar-refractivity contribution is 6.77. The van der Waals surface area contributed by atoms with Crippen molar-refractivity contribution in [3.63, 3.8) is 0 Å². The fourth-order valence-electron chi connectivity index (χ4n) is 7.59. The van der Waals surface area contributed by atoms with E-state index in [1.165, 1.54) is 16.5 Å². The van der Waals surface area contributed by atoms with E-state index < -0.39 is 14.4 Å². The molecule has 1 saturated heterocycles. The summed E-state index contributed by atoms with van der Waals surface area (Å²) in [4.78, 5) is 6.12. The second kappa shape index (κ2) is 9.92. The van der Waals surface area contributed by atoms with Gasteiger partial charge in [0, 0.05) is 41.7 Å². The quantitative estimate of drug-likeness (QED) is 0.350. The van der Waals surface area contributed by atoms with Crippen molar-refractivity contribution in [3.05, 3.63) is 47.2 Å². The third kappa shape index (κ3) is 4.23. The summed E-state index contributed by atoms with van der Waals surface area (Å²) in [6.45, 7) is 18.2. The van der Waals surface area contributed by atoms with Gasteiger partial charge in [0.05, 0.1) is 6.10 Å². The number of H-pyrrole nitrogens is 1. The highest BCUT2D eigenvalue weighted by Crippen LogP contribution is 2.47. The molecule has 2 N–H and O–H groups in total. The van der Waals surface area contributed by atoms with Gasteiger partial charge in [-0.15, -0.1) is 0 Å². The number of aromatic amines is 1. The number of aromatic nitrogens is 1. The molecule has 0 spiro atoms. The number of aliphatic hydroxyl groups excluding tert-OH is 1. The molecule has 2 aliphatic rings. The van der Waals surface area contributed by atoms with Crippen LogP contribution in [0.3, 0.4) is 0 Å². The topological polar surface area (TPSA) is 48.5 Å². The fourth-order valence-corrected chi connectivity index (χ4v) is 13.1. The van der Waals surface area contributed by atoms with Crippen molar-refractivity contribution in [1.29, 1.82) is 0 Å². The normalized spacial score (nSPS) is 27.6. The summed E-state index contributed by atoms with van der Waals surface area (Å²) >= 11 is 0. The Morgan fingerprint density at radius 3 is 2.38 bits per heavy atom. The van der Waals surface area contributed by atoms with E-state index in [4.69, 9.17) is 4.43 Å². The van der Waals surface area contributed by atoms with Gasteiger partial charge < -0.3 is 14.5 Å². The van der Waals surface area contributed by atoms with E-state index in [0.29, 0.717) is 34.5 Å². The van der Waals surface area contributed by atoms with E-state index in [1.54, 1.807) is 0 Å². The Balaban J connectivity index is 1.76. The minimum absolute atomic E-state index is 0.346. The second-order valence-electron chi connectivity index (χ2n) is 11.8. The van der Waals surface area contributed by atoms with Crippen LogP contribution in [0.4, 0.5) is 0 Å². The van der Waals surface area contributed by atoms with Gasteiger partial charge >= 0.3 is 0 Å². The molecule has 2 bridgehead atoms. The first-order valence-corrected chi connectivity index (χ1v) is 15.5. The lowest BCUT2D eigenvalue weighted by molar-refractivity contribution is 0.0306. The largest absolute Gasteiger partial charge is 0.416 e. The first kappa shape index (κ1) is 25.7. The molecule has 1 fully saturated rings. The van der Waals surface area contributed by atoms with Crippen LogP contribution in [0.25, 0.3) is 10.9 Å². The fraction of sp³-hybridized carbons (Fsp3) is 0.655. The standard InChI is InChI=1S/C29H46N2O2Si/c1-9-21-16-31(8)27-14-24-22-12-10-11-13-26(22)30-29(24)28(32)15-23(21)25(27)17-33-34(18(2)3,19(4)5)20(6)7/h9-13,18-20,23,25,27-28,30,32H,14-17H2,1-8H3/b21-9-/t23-,25-,27-,28+/m0/s1. The van der Waals surface area contributed by atoms with Crippen LogP contribution in [0.2, 0.25) is 16.6 Å². The Morgan fingerprint density at radius 2 is 1.76 bits per heavy atom. The molecule has 0 saturated carbocycles. The monoisotopic (exact) mass is 482 g/mol. The second-order valence-corrected chi connectivity index (χ2v) is 17.2. The van der Waals surface area contributed by atoms with Crippen molar-refractivity contribution >= 4 is 19.2 Å². The first-order chi connectivity index (χ1) is 16.1. The zero-order chi connectivity index (χ0) is 24.8. The van der Waals surface area contributed by atoms with E-state index in [0.717, 1.165) is 37.2 Å². The molecule has 4 atom stereocenters. The number of likely N-dealkylation sites (tertiary alicyclic amines) is 1. The lowest BCUT2D eigenvalue weighted by Gasteiger charge is -2.50.